The summed E-state index contributed by atoms with van der Waals surface area (Å²) in [6.45, 7) is 1.77. The highest BCUT2D eigenvalue weighted by molar-refractivity contribution is 5.96. The fourth-order valence-electron chi connectivity index (χ4n) is 3.01. The summed E-state index contributed by atoms with van der Waals surface area (Å²) < 4.78 is 0. The first-order valence-electron chi connectivity index (χ1n) is 11.4. The number of aliphatic hydroxyl groups is 1. The summed E-state index contributed by atoms with van der Waals surface area (Å²) in [7, 11) is 0. The van der Waals surface area contributed by atoms with E-state index in [0.717, 1.165) is 0 Å². The van der Waals surface area contributed by atoms with Crippen molar-refractivity contribution < 1.29 is 34.2 Å². The van der Waals surface area contributed by atoms with Gasteiger partial charge in [-0.25, -0.2) is 4.79 Å². The minimum Gasteiger partial charge on any atom is -0.480 e. The number of carbonyl (C=O) groups excluding carboxylic acids is 4. The van der Waals surface area contributed by atoms with Gasteiger partial charge in [0, 0.05) is 6.54 Å². The number of hydrogen-bond donors (Lipinski definition) is 10. The van der Waals surface area contributed by atoms with Crippen LogP contribution in [0.15, 0.2) is 4.99 Å². The van der Waals surface area contributed by atoms with Crippen molar-refractivity contribution in [2.45, 2.75) is 75.7 Å². The van der Waals surface area contributed by atoms with Crippen molar-refractivity contribution in [2.75, 3.05) is 13.1 Å². The number of carbonyl (C=O) groups is 5. The zero-order valence-corrected chi connectivity index (χ0v) is 20.3. The molecule has 5 unspecified atom stereocenters. The van der Waals surface area contributed by atoms with Crippen LogP contribution in [-0.2, 0) is 24.0 Å². The number of carboxylic acid groups (broad SMARTS) is 1. The van der Waals surface area contributed by atoms with Gasteiger partial charge in [0.05, 0.1) is 18.6 Å². The molecule has 0 spiro atoms. The molecule has 4 amide bonds. The van der Waals surface area contributed by atoms with E-state index in [-0.39, 0.29) is 25.3 Å². The maximum Gasteiger partial charge on any atom is 0.326 e. The maximum absolute atomic E-state index is 12.8. The van der Waals surface area contributed by atoms with Crippen LogP contribution in [0.25, 0.3) is 0 Å². The summed E-state index contributed by atoms with van der Waals surface area (Å²) in [6, 6.07) is -5.44. The molecule has 0 saturated heterocycles. The Balaban J connectivity index is 5.35. The molecule has 0 bridgehead atoms. The Kier molecular flexibility index (Phi) is 15.4. The zero-order valence-electron chi connectivity index (χ0n) is 20.3. The third-order valence-corrected chi connectivity index (χ3v) is 4.97. The first-order valence-corrected chi connectivity index (χ1v) is 11.4. The second kappa shape index (κ2) is 17.0. The number of aliphatic carboxylic acids is 1. The number of nitrogens with one attached hydrogen (secondary N) is 3. The summed E-state index contributed by atoms with van der Waals surface area (Å²) in [4.78, 5) is 64.5. The Hall–Kier alpha value is -3.50. The molecular weight excluding hydrogens is 478 g/mol. The van der Waals surface area contributed by atoms with Gasteiger partial charge in [0.2, 0.25) is 23.6 Å². The van der Waals surface area contributed by atoms with Gasteiger partial charge in [0.25, 0.3) is 0 Å². The second-order valence-electron chi connectivity index (χ2n) is 8.20. The molecule has 0 aromatic heterocycles. The first-order chi connectivity index (χ1) is 16.8. The van der Waals surface area contributed by atoms with Crippen molar-refractivity contribution in [3.05, 3.63) is 0 Å². The van der Waals surface area contributed by atoms with E-state index in [1.807, 2.05) is 0 Å². The minimum atomic E-state index is -1.58. The van der Waals surface area contributed by atoms with Gasteiger partial charge >= 0.3 is 5.97 Å². The first kappa shape index (κ1) is 32.5. The van der Waals surface area contributed by atoms with Crippen molar-refractivity contribution in [3.8, 4) is 0 Å². The topological polar surface area (TPSA) is 304 Å². The molecule has 0 heterocycles. The number of nitrogens with zero attached hydrogens (tertiary/aromatic N) is 1. The van der Waals surface area contributed by atoms with E-state index in [1.165, 1.54) is 6.92 Å². The standard InChI is InChI=1S/C20H39N9O7/c1-10(30)15(29-16(32)11(22)5-2-3-7-21)18(34)28-13(9-14(23)31)17(33)27-12(19(35)36)6-4-8-26-20(24)25/h10-13,15,30H,2-9,21-22H2,1H3,(H2,23,31)(H,27,33)(H,28,34)(H,29,32)(H,35,36)(H4,24,25,26). The van der Waals surface area contributed by atoms with Gasteiger partial charge in [-0.05, 0) is 39.2 Å². The molecule has 0 radical (unpaired) electrons. The largest absolute Gasteiger partial charge is 0.480 e. The Labute approximate surface area is 208 Å². The van der Waals surface area contributed by atoms with Crippen LogP contribution in [0, 0.1) is 0 Å². The highest BCUT2D eigenvalue weighted by atomic mass is 16.4. The lowest BCUT2D eigenvalue weighted by molar-refractivity contribution is -0.142. The van der Waals surface area contributed by atoms with Crippen LogP contribution in [0.2, 0.25) is 0 Å². The minimum absolute atomic E-state index is 0.0521. The molecule has 5 atom stereocenters. The molecule has 0 aliphatic carbocycles. The van der Waals surface area contributed by atoms with Crippen molar-refractivity contribution in [1.82, 2.24) is 16.0 Å². The number of rotatable bonds is 18. The van der Waals surface area contributed by atoms with Crippen LogP contribution in [-0.4, -0.2) is 89.1 Å². The lowest BCUT2D eigenvalue weighted by Gasteiger charge is -2.26. The van der Waals surface area contributed by atoms with E-state index in [4.69, 9.17) is 28.7 Å². The molecule has 0 aromatic carbocycles. The van der Waals surface area contributed by atoms with Crippen molar-refractivity contribution in [1.29, 1.82) is 0 Å². The Morgan fingerprint density at radius 1 is 0.861 bits per heavy atom. The predicted molar refractivity (Wildman–Crippen MR) is 130 cm³/mol. The number of unbranched alkanes of at least 4 members (excludes halogenated alkanes) is 1. The molecule has 0 rings (SSSR count). The van der Waals surface area contributed by atoms with Gasteiger partial charge in [-0.1, -0.05) is 6.42 Å². The Bertz CT molecular complexity index is 787. The summed E-state index contributed by atoms with van der Waals surface area (Å²) in [5, 5.41) is 26.1. The van der Waals surface area contributed by atoms with Gasteiger partial charge in [0.1, 0.15) is 18.1 Å². The van der Waals surface area contributed by atoms with Crippen molar-refractivity contribution in [2.24, 2.45) is 33.7 Å². The number of amides is 4. The fourth-order valence-corrected chi connectivity index (χ4v) is 3.01. The zero-order chi connectivity index (χ0) is 27.8. The molecule has 16 nitrogen and oxygen atoms in total. The number of carboxylic acids is 1. The number of aliphatic imine (C=N–C) groups is 1. The summed E-state index contributed by atoms with van der Waals surface area (Å²) >= 11 is 0. The van der Waals surface area contributed by atoms with Crippen molar-refractivity contribution in [3.63, 3.8) is 0 Å². The number of aliphatic hydroxyl groups excluding tert-OH is 1. The molecule has 36 heavy (non-hydrogen) atoms. The molecule has 206 valence electrons. The summed E-state index contributed by atoms with van der Waals surface area (Å²) in [5.74, 6) is -5.23. The third-order valence-electron chi connectivity index (χ3n) is 4.97. The highest BCUT2D eigenvalue weighted by Gasteiger charge is 2.33. The normalized spacial score (nSPS) is 14.9. The lowest BCUT2D eigenvalue weighted by atomic mass is 10.1. The number of guanidine groups is 1. The lowest BCUT2D eigenvalue weighted by Crippen LogP contribution is -2.60. The molecule has 16 heteroatoms. The van der Waals surface area contributed by atoms with E-state index >= 15 is 0 Å². The van der Waals surface area contributed by atoms with Crippen LogP contribution >= 0.6 is 0 Å². The summed E-state index contributed by atoms with van der Waals surface area (Å²) in [5.41, 5.74) is 26.8. The van der Waals surface area contributed by atoms with Gasteiger partial charge < -0.3 is 54.8 Å². The van der Waals surface area contributed by atoms with Crippen LogP contribution < -0.4 is 44.6 Å². The van der Waals surface area contributed by atoms with Gasteiger partial charge in [-0.3, -0.25) is 24.2 Å². The number of nitrogens with two attached hydrogens (primary N) is 5. The van der Waals surface area contributed by atoms with Gasteiger partial charge in [0.15, 0.2) is 5.96 Å². The van der Waals surface area contributed by atoms with Gasteiger partial charge in [-0.15, -0.1) is 0 Å². The SMILES string of the molecule is CC(O)C(NC(=O)C(N)CCCCN)C(=O)NC(CC(N)=O)C(=O)NC(CCCN=C(N)N)C(=O)O. The van der Waals surface area contributed by atoms with E-state index < -0.39 is 66.3 Å². The molecule has 0 saturated carbocycles. The fraction of sp³-hybridized carbons (Fsp3) is 0.700. The molecular formula is C20H39N9O7. The van der Waals surface area contributed by atoms with Crippen LogP contribution in [0.4, 0.5) is 0 Å². The van der Waals surface area contributed by atoms with Crippen LogP contribution in [0.1, 0.15) is 45.4 Å². The van der Waals surface area contributed by atoms with E-state index in [1.54, 1.807) is 0 Å². The molecule has 0 aromatic rings. The molecule has 15 N–H and O–H groups in total. The average Bonchev–Trinajstić information content (AvgIpc) is 2.77. The Morgan fingerprint density at radius 3 is 1.97 bits per heavy atom. The predicted octanol–water partition coefficient (Wildman–Crippen LogP) is -4.71. The van der Waals surface area contributed by atoms with Crippen molar-refractivity contribution >= 4 is 35.6 Å². The van der Waals surface area contributed by atoms with E-state index in [2.05, 4.69) is 20.9 Å². The molecule has 0 aliphatic heterocycles. The molecule has 0 aliphatic rings. The van der Waals surface area contributed by atoms with E-state index in [9.17, 15) is 34.2 Å². The van der Waals surface area contributed by atoms with Crippen LogP contribution in [0.3, 0.4) is 0 Å². The van der Waals surface area contributed by atoms with Crippen LogP contribution in [0.5, 0.6) is 0 Å². The number of hydrogen-bond acceptors (Lipinski definition) is 9. The Morgan fingerprint density at radius 2 is 1.47 bits per heavy atom. The smallest absolute Gasteiger partial charge is 0.326 e. The average molecular weight is 518 g/mol. The van der Waals surface area contributed by atoms with Gasteiger partial charge in [-0.2, -0.15) is 0 Å². The highest BCUT2D eigenvalue weighted by Crippen LogP contribution is 2.04. The number of primary amides is 1. The second-order valence-corrected chi connectivity index (χ2v) is 8.20. The molecule has 0 fully saturated rings. The maximum atomic E-state index is 12.8. The quantitative estimate of drug-likeness (QED) is 0.0467. The summed E-state index contributed by atoms with van der Waals surface area (Å²) in [6.07, 6.45) is -0.386. The van der Waals surface area contributed by atoms with E-state index in [0.29, 0.717) is 25.8 Å². The third kappa shape index (κ3) is 13.4. The monoisotopic (exact) mass is 517 g/mol.